The van der Waals surface area contributed by atoms with Crippen molar-refractivity contribution in [2.75, 3.05) is 6.61 Å². The van der Waals surface area contributed by atoms with Gasteiger partial charge in [-0.05, 0) is 32.8 Å². The van der Waals surface area contributed by atoms with E-state index in [2.05, 4.69) is 6.92 Å². The highest BCUT2D eigenvalue weighted by molar-refractivity contribution is 6.03. The van der Waals surface area contributed by atoms with Crippen LogP contribution in [0.5, 0.6) is 5.75 Å². The van der Waals surface area contributed by atoms with Crippen LogP contribution in [0.4, 0.5) is 0 Å². The fourth-order valence-electron chi connectivity index (χ4n) is 3.72. The zero-order valence-corrected chi connectivity index (χ0v) is 17.3. The molecule has 1 aromatic carbocycles. The lowest BCUT2D eigenvalue weighted by molar-refractivity contribution is -0.143. The molecule has 6 nitrogen and oxygen atoms in total. The molecule has 0 saturated heterocycles. The fourth-order valence-corrected chi connectivity index (χ4v) is 3.72. The lowest BCUT2D eigenvalue weighted by Gasteiger charge is -2.33. The Balaban J connectivity index is 2.11. The number of unbranched alkanes of at least 4 members (excludes halogenated alkanes) is 1. The van der Waals surface area contributed by atoms with E-state index in [4.69, 9.17) is 19.9 Å². The minimum atomic E-state index is -0.657. The van der Waals surface area contributed by atoms with Crippen LogP contribution in [0.1, 0.15) is 64.4 Å². The maximum absolute atomic E-state index is 12.9. The molecule has 1 aliphatic heterocycles. The highest BCUT2D eigenvalue weighted by atomic mass is 16.5. The smallest absolute Gasteiger partial charge is 0.340 e. The Morgan fingerprint density at radius 1 is 1.28 bits per heavy atom. The number of para-hydroxylation sites is 1. The number of allylic oxidation sites excluding steroid dienone is 2. The van der Waals surface area contributed by atoms with Gasteiger partial charge in [0.1, 0.15) is 17.1 Å². The maximum Gasteiger partial charge on any atom is 0.340 e. The number of nitrogens with two attached hydrogens (primary N) is 1. The lowest BCUT2D eigenvalue weighted by Crippen LogP contribution is -2.32. The van der Waals surface area contributed by atoms with Crippen LogP contribution in [0, 0.1) is 0 Å². The number of hydrogen-bond acceptors (Lipinski definition) is 6. The highest BCUT2D eigenvalue weighted by Gasteiger charge is 2.42. The first-order valence-electron chi connectivity index (χ1n) is 10.3. The molecule has 1 atom stereocenters. The van der Waals surface area contributed by atoms with Gasteiger partial charge < -0.3 is 19.9 Å². The zero-order valence-electron chi connectivity index (χ0n) is 17.3. The van der Waals surface area contributed by atoms with Gasteiger partial charge in [-0.15, -0.1) is 0 Å². The van der Waals surface area contributed by atoms with Crippen molar-refractivity contribution in [1.29, 1.82) is 0 Å². The minimum Gasteiger partial charge on any atom is -0.493 e. The molecule has 0 spiro atoms. The predicted octanol–water partition coefficient (Wildman–Crippen LogP) is 4.11. The summed E-state index contributed by atoms with van der Waals surface area (Å²) in [6, 6.07) is 7.48. The summed E-state index contributed by atoms with van der Waals surface area (Å²) in [5, 5.41) is 0. The van der Waals surface area contributed by atoms with Gasteiger partial charge in [-0.3, -0.25) is 4.79 Å². The van der Waals surface area contributed by atoms with Gasteiger partial charge in [-0.1, -0.05) is 31.5 Å². The second kappa shape index (κ2) is 9.16. The van der Waals surface area contributed by atoms with E-state index in [1.54, 1.807) is 13.8 Å². The second-order valence-corrected chi connectivity index (χ2v) is 7.62. The molecule has 0 radical (unpaired) electrons. The van der Waals surface area contributed by atoms with E-state index in [0.717, 1.165) is 18.4 Å². The fraction of sp³-hybridized carbons (Fsp3) is 0.478. The van der Waals surface area contributed by atoms with E-state index in [0.29, 0.717) is 43.0 Å². The van der Waals surface area contributed by atoms with Crippen molar-refractivity contribution in [2.45, 2.75) is 64.9 Å². The molecule has 0 bridgehead atoms. The number of hydrogen-bond donors (Lipinski definition) is 1. The summed E-state index contributed by atoms with van der Waals surface area (Å²) in [4.78, 5) is 25.8. The van der Waals surface area contributed by atoms with E-state index < -0.39 is 11.9 Å². The summed E-state index contributed by atoms with van der Waals surface area (Å²) in [5.74, 6) is -0.0697. The van der Waals surface area contributed by atoms with Crippen LogP contribution >= 0.6 is 0 Å². The summed E-state index contributed by atoms with van der Waals surface area (Å²) in [6.45, 7) is 6.19. The molecule has 2 aliphatic rings. The van der Waals surface area contributed by atoms with Crippen molar-refractivity contribution in [3.8, 4) is 5.75 Å². The number of ether oxygens (including phenoxy) is 3. The summed E-state index contributed by atoms with van der Waals surface area (Å²) in [5.41, 5.74) is 7.57. The zero-order chi connectivity index (χ0) is 21.0. The Morgan fingerprint density at radius 2 is 2.03 bits per heavy atom. The van der Waals surface area contributed by atoms with Gasteiger partial charge in [-0.2, -0.15) is 0 Å². The number of ketones is 1. The molecule has 0 fully saturated rings. The van der Waals surface area contributed by atoms with Crippen molar-refractivity contribution in [3.63, 3.8) is 0 Å². The van der Waals surface area contributed by atoms with E-state index >= 15 is 0 Å². The standard InChI is InChI=1S/C23H29NO5/c1-4-5-13-27-17-11-7-6-9-15(17)19-20-16(25)10-8-12-18(20)29-22(24)21(19)23(26)28-14(2)3/h6-7,9,11,14,19H,4-5,8,10,12-13,24H2,1-3H3/t19-/m0/s1. The molecule has 0 amide bonds. The molecule has 1 aromatic rings. The first-order chi connectivity index (χ1) is 13.9. The Labute approximate surface area is 171 Å². The third kappa shape index (κ3) is 4.47. The first kappa shape index (κ1) is 21.0. The number of esters is 1. The average molecular weight is 399 g/mol. The molecule has 2 N–H and O–H groups in total. The van der Waals surface area contributed by atoms with E-state index in [-0.39, 0.29) is 23.3 Å². The third-order valence-electron chi connectivity index (χ3n) is 5.03. The van der Waals surface area contributed by atoms with Gasteiger partial charge in [-0.25, -0.2) is 4.79 Å². The Kier molecular flexibility index (Phi) is 6.62. The van der Waals surface area contributed by atoms with Crippen LogP contribution in [0.2, 0.25) is 0 Å². The van der Waals surface area contributed by atoms with Crippen molar-refractivity contribution in [1.82, 2.24) is 0 Å². The molecule has 6 heteroatoms. The molecule has 0 saturated carbocycles. The molecule has 3 rings (SSSR count). The lowest BCUT2D eigenvalue weighted by atomic mass is 9.77. The monoisotopic (exact) mass is 399 g/mol. The van der Waals surface area contributed by atoms with Crippen LogP contribution in [-0.4, -0.2) is 24.5 Å². The normalized spacial score (nSPS) is 19.2. The van der Waals surface area contributed by atoms with Gasteiger partial charge in [0.15, 0.2) is 5.78 Å². The molecular formula is C23H29NO5. The number of carbonyl (C=O) groups is 2. The second-order valence-electron chi connectivity index (χ2n) is 7.62. The van der Waals surface area contributed by atoms with Gasteiger partial charge in [0.25, 0.3) is 0 Å². The van der Waals surface area contributed by atoms with Crippen molar-refractivity contribution < 1.29 is 23.8 Å². The van der Waals surface area contributed by atoms with Gasteiger partial charge in [0.2, 0.25) is 5.88 Å². The van der Waals surface area contributed by atoms with Crippen LogP contribution in [-0.2, 0) is 19.1 Å². The number of Topliss-reactive ketones (excluding diaryl/α,β-unsaturated/α-hetero) is 1. The summed E-state index contributed by atoms with van der Waals surface area (Å²) in [7, 11) is 0. The average Bonchev–Trinajstić information content (AvgIpc) is 2.67. The number of benzene rings is 1. The van der Waals surface area contributed by atoms with Crippen molar-refractivity contribution in [2.24, 2.45) is 5.73 Å². The first-order valence-corrected chi connectivity index (χ1v) is 10.3. The third-order valence-corrected chi connectivity index (χ3v) is 5.03. The van der Waals surface area contributed by atoms with Gasteiger partial charge in [0.05, 0.1) is 18.6 Å². The molecule has 29 heavy (non-hydrogen) atoms. The predicted molar refractivity (Wildman–Crippen MR) is 109 cm³/mol. The van der Waals surface area contributed by atoms with Crippen molar-refractivity contribution >= 4 is 11.8 Å². The minimum absolute atomic E-state index is 0.00235. The largest absolute Gasteiger partial charge is 0.493 e. The Bertz CT molecular complexity index is 853. The van der Waals surface area contributed by atoms with Gasteiger partial charge in [0, 0.05) is 24.0 Å². The summed E-state index contributed by atoms with van der Waals surface area (Å²) >= 11 is 0. The molecule has 156 valence electrons. The highest BCUT2D eigenvalue weighted by Crippen LogP contribution is 2.46. The van der Waals surface area contributed by atoms with Crippen molar-refractivity contribution in [3.05, 3.63) is 52.6 Å². The Morgan fingerprint density at radius 3 is 2.76 bits per heavy atom. The van der Waals surface area contributed by atoms with Crippen LogP contribution < -0.4 is 10.5 Å². The van der Waals surface area contributed by atoms with Crippen LogP contribution in [0.3, 0.4) is 0 Å². The van der Waals surface area contributed by atoms with E-state index in [1.165, 1.54) is 0 Å². The molecule has 1 heterocycles. The quantitative estimate of drug-likeness (QED) is 0.548. The van der Waals surface area contributed by atoms with Crippen LogP contribution in [0.25, 0.3) is 0 Å². The van der Waals surface area contributed by atoms with Crippen LogP contribution in [0.15, 0.2) is 47.1 Å². The maximum atomic E-state index is 12.9. The molecule has 1 aliphatic carbocycles. The van der Waals surface area contributed by atoms with E-state index in [1.807, 2.05) is 24.3 Å². The summed E-state index contributed by atoms with van der Waals surface area (Å²) < 4.78 is 17.2. The topological polar surface area (TPSA) is 87.8 Å². The van der Waals surface area contributed by atoms with Gasteiger partial charge >= 0.3 is 5.97 Å². The number of rotatable bonds is 7. The van der Waals surface area contributed by atoms with E-state index in [9.17, 15) is 9.59 Å². The Hall–Kier alpha value is -2.76. The summed E-state index contributed by atoms with van der Waals surface area (Å²) in [6.07, 6.45) is 3.34. The molecule has 0 unspecified atom stereocenters. The SMILES string of the molecule is CCCCOc1ccccc1[C@@H]1C(C(=O)OC(C)C)=C(N)OC2=C1C(=O)CCC2. The number of carbonyl (C=O) groups excluding carboxylic acids is 2. The molecular weight excluding hydrogens is 370 g/mol. The molecule has 0 aromatic heterocycles.